The summed E-state index contributed by atoms with van der Waals surface area (Å²) in [5.41, 5.74) is 1.68. The summed E-state index contributed by atoms with van der Waals surface area (Å²) in [5.74, 6) is 0.230. The molecule has 20 heavy (non-hydrogen) atoms. The maximum atomic E-state index is 12.5. The number of amides is 1. The number of carbonyl (C=O) groups is 1. The molecule has 1 aromatic carbocycles. The Bertz CT molecular complexity index is 585. The van der Waals surface area contributed by atoms with Crippen LogP contribution in [0.4, 0.5) is 0 Å². The van der Waals surface area contributed by atoms with Crippen LogP contribution in [0, 0.1) is 0 Å². The Hall–Kier alpha value is -2.23. The van der Waals surface area contributed by atoms with Gasteiger partial charge in [0.25, 0.3) is 5.91 Å². The average molecular weight is 272 g/mol. The molecule has 0 aliphatic rings. The Morgan fingerprint density at radius 3 is 2.50 bits per heavy atom. The van der Waals surface area contributed by atoms with Gasteiger partial charge in [0.2, 0.25) is 0 Å². The lowest BCUT2D eigenvalue weighted by molar-refractivity contribution is 0.0773. The summed E-state index contributed by atoms with van der Waals surface area (Å²) in [6, 6.07) is 10.9. The first-order valence-corrected chi connectivity index (χ1v) is 6.69. The minimum absolute atomic E-state index is 0.00299. The molecular formula is C16H20N2O2. The molecule has 1 N–H and O–H groups in total. The lowest BCUT2D eigenvalue weighted by Gasteiger charge is -2.20. The molecule has 0 fully saturated rings. The normalized spacial score (nSPS) is 10.8. The van der Waals surface area contributed by atoms with E-state index in [2.05, 4.69) is 13.8 Å². The highest BCUT2D eigenvalue weighted by atomic mass is 16.3. The van der Waals surface area contributed by atoms with Gasteiger partial charge in [-0.1, -0.05) is 12.1 Å². The number of rotatable bonds is 4. The lowest BCUT2D eigenvalue weighted by Crippen LogP contribution is -2.28. The van der Waals surface area contributed by atoms with Crippen molar-refractivity contribution >= 4 is 5.91 Å². The smallest absolute Gasteiger partial charge is 0.270 e. The number of aromatic nitrogens is 1. The van der Waals surface area contributed by atoms with Crippen molar-refractivity contribution in [3.8, 4) is 5.75 Å². The van der Waals surface area contributed by atoms with Gasteiger partial charge in [0.05, 0.1) is 0 Å². The number of carbonyl (C=O) groups excluding carboxylic acids is 1. The quantitative estimate of drug-likeness (QED) is 0.929. The number of nitrogens with zero attached hydrogens (tertiary/aromatic N) is 2. The standard InChI is InChI=1S/C16H20N2O2/c1-12(2)18-10-4-5-15(18)16(20)17(3)11-13-6-8-14(19)9-7-13/h4-10,12,19H,11H2,1-3H3. The maximum Gasteiger partial charge on any atom is 0.270 e. The van der Waals surface area contributed by atoms with Gasteiger partial charge in [0.1, 0.15) is 11.4 Å². The van der Waals surface area contributed by atoms with Gasteiger partial charge in [-0.2, -0.15) is 0 Å². The van der Waals surface area contributed by atoms with E-state index in [0.29, 0.717) is 12.2 Å². The van der Waals surface area contributed by atoms with Gasteiger partial charge in [0, 0.05) is 25.8 Å². The van der Waals surface area contributed by atoms with Crippen molar-refractivity contribution in [2.24, 2.45) is 0 Å². The molecule has 0 saturated heterocycles. The third-order valence-electron chi connectivity index (χ3n) is 3.26. The molecule has 4 heteroatoms. The van der Waals surface area contributed by atoms with Crippen molar-refractivity contribution in [2.45, 2.75) is 26.4 Å². The van der Waals surface area contributed by atoms with E-state index in [1.165, 1.54) is 0 Å². The third-order valence-corrected chi connectivity index (χ3v) is 3.26. The summed E-state index contributed by atoms with van der Waals surface area (Å²) in [4.78, 5) is 14.1. The molecule has 1 aromatic heterocycles. The third kappa shape index (κ3) is 3.02. The Kier molecular flexibility index (Phi) is 4.13. The van der Waals surface area contributed by atoms with Gasteiger partial charge >= 0.3 is 0 Å². The Morgan fingerprint density at radius 2 is 1.90 bits per heavy atom. The van der Waals surface area contributed by atoms with Crippen LogP contribution >= 0.6 is 0 Å². The summed E-state index contributed by atoms with van der Waals surface area (Å²) < 4.78 is 1.97. The molecular weight excluding hydrogens is 252 g/mol. The molecule has 4 nitrogen and oxygen atoms in total. The molecule has 2 aromatic rings. The highest BCUT2D eigenvalue weighted by Crippen LogP contribution is 2.15. The monoisotopic (exact) mass is 272 g/mol. The van der Waals surface area contributed by atoms with E-state index in [0.717, 1.165) is 5.56 Å². The second-order valence-electron chi connectivity index (χ2n) is 5.22. The van der Waals surface area contributed by atoms with E-state index in [-0.39, 0.29) is 17.7 Å². The van der Waals surface area contributed by atoms with Crippen molar-refractivity contribution in [2.75, 3.05) is 7.05 Å². The number of aromatic hydroxyl groups is 1. The number of phenols is 1. The summed E-state index contributed by atoms with van der Waals surface area (Å²) in [5, 5.41) is 9.26. The van der Waals surface area contributed by atoms with Crippen molar-refractivity contribution in [3.05, 3.63) is 53.9 Å². The highest BCUT2D eigenvalue weighted by Gasteiger charge is 2.16. The van der Waals surface area contributed by atoms with Crippen LogP contribution in [0.2, 0.25) is 0 Å². The Balaban J connectivity index is 2.12. The van der Waals surface area contributed by atoms with Gasteiger partial charge in [-0.3, -0.25) is 4.79 Å². The van der Waals surface area contributed by atoms with Crippen LogP contribution in [0.15, 0.2) is 42.6 Å². The van der Waals surface area contributed by atoms with E-state index < -0.39 is 0 Å². The van der Waals surface area contributed by atoms with E-state index in [1.54, 1.807) is 24.1 Å². The van der Waals surface area contributed by atoms with Gasteiger partial charge in [-0.05, 0) is 43.7 Å². The topological polar surface area (TPSA) is 45.5 Å². The number of hydrogen-bond donors (Lipinski definition) is 1. The van der Waals surface area contributed by atoms with Crippen molar-refractivity contribution in [3.63, 3.8) is 0 Å². The fourth-order valence-corrected chi connectivity index (χ4v) is 2.17. The lowest BCUT2D eigenvalue weighted by atomic mass is 10.2. The van der Waals surface area contributed by atoms with Crippen molar-refractivity contribution in [1.82, 2.24) is 9.47 Å². The summed E-state index contributed by atoms with van der Waals surface area (Å²) >= 11 is 0. The fourth-order valence-electron chi connectivity index (χ4n) is 2.17. The Labute approximate surface area is 119 Å². The molecule has 0 spiro atoms. The van der Waals surface area contributed by atoms with Crippen LogP contribution in [0.3, 0.4) is 0 Å². The molecule has 0 bridgehead atoms. The molecule has 0 unspecified atom stereocenters. The Morgan fingerprint density at radius 1 is 1.25 bits per heavy atom. The average Bonchev–Trinajstić information content (AvgIpc) is 2.90. The molecule has 2 rings (SSSR count). The SMILES string of the molecule is CC(C)n1cccc1C(=O)N(C)Cc1ccc(O)cc1. The molecule has 0 aliphatic carbocycles. The molecule has 1 heterocycles. The van der Waals surface area contributed by atoms with E-state index >= 15 is 0 Å². The molecule has 0 radical (unpaired) electrons. The van der Waals surface area contributed by atoms with Crippen LogP contribution in [0.5, 0.6) is 5.75 Å². The highest BCUT2D eigenvalue weighted by molar-refractivity contribution is 5.92. The first kappa shape index (κ1) is 14.2. The molecule has 0 saturated carbocycles. The molecule has 106 valence electrons. The number of phenolic OH excluding ortho intramolecular Hbond substituents is 1. The minimum atomic E-state index is -0.00299. The van der Waals surface area contributed by atoms with E-state index in [9.17, 15) is 9.90 Å². The van der Waals surface area contributed by atoms with Crippen LogP contribution in [0.1, 0.15) is 35.9 Å². The maximum absolute atomic E-state index is 12.5. The van der Waals surface area contributed by atoms with Crippen LogP contribution in [-0.4, -0.2) is 27.5 Å². The second kappa shape index (κ2) is 5.82. The number of benzene rings is 1. The first-order valence-electron chi connectivity index (χ1n) is 6.69. The van der Waals surface area contributed by atoms with Gasteiger partial charge in [0.15, 0.2) is 0 Å². The van der Waals surface area contributed by atoms with Gasteiger partial charge in [-0.25, -0.2) is 0 Å². The zero-order valence-corrected chi connectivity index (χ0v) is 12.1. The van der Waals surface area contributed by atoms with Gasteiger partial charge < -0.3 is 14.6 Å². The van der Waals surface area contributed by atoms with Gasteiger partial charge in [-0.15, -0.1) is 0 Å². The molecule has 0 aliphatic heterocycles. The number of hydrogen-bond acceptors (Lipinski definition) is 2. The molecule has 1 amide bonds. The minimum Gasteiger partial charge on any atom is -0.508 e. The van der Waals surface area contributed by atoms with Crippen LogP contribution < -0.4 is 0 Å². The summed E-state index contributed by atoms with van der Waals surface area (Å²) in [7, 11) is 1.78. The first-order chi connectivity index (χ1) is 9.49. The van der Waals surface area contributed by atoms with E-state index in [1.807, 2.05) is 35.0 Å². The van der Waals surface area contributed by atoms with Crippen molar-refractivity contribution < 1.29 is 9.90 Å². The molecule has 0 atom stereocenters. The largest absolute Gasteiger partial charge is 0.508 e. The van der Waals surface area contributed by atoms with E-state index in [4.69, 9.17) is 0 Å². The van der Waals surface area contributed by atoms with Crippen LogP contribution in [-0.2, 0) is 6.54 Å². The zero-order chi connectivity index (χ0) is 14.7. The van der Waals surface area contributed by atoms with Crippen molar-refractivity contribution in [1.29, 1.82) is 0 Å². The zero-order valence-electron chi connectivity index (χ0n) is 12.1. The second-order valence-corrected chi connectivity index (χ2v) is 5.22. The predicted molar refractivity (Wildman–Crippen MR) is 78.7 cm³/mol. The van der Waals surface area contributed by atoms with Crippen LogP contribution in [0.25, 0.3) is 0 Å². The summed E-state index contributed by atoms with van der Waals surface area (Å²) in [6.07, 6.45) is 1.92. The summed E-state index contributed by atoms with van der Waals surface area (Å²) in [6.45, 7) is 4.62. The fraction of sp³-hybridized carbons (Fsp3) is 0.312. The predicted octanol–water partition coefficient (Wildman–Crippen LogP) is 3.05.